The highest BCUT2D eigenvalue weighted by atomic mass is 19.2. The van der Waals surface area contributed by atoms with Crippen LogP contribution in [0.15, 0.2) is 42.5 Å². The largest absolute Gasteiger partial charge is 0.497 e. The molecule has 1 atom stereocenters. The van der Waals surface area contributed by atoms with Crippen molar-refractivity contribution in [1.29, 1.82) is 0 Å². The molecule has 5 nitrogen and oxygen atoms in total. The third-order valence-electron chi connectivity index (χ3n) is 3.38. The molecule has 0 radical (unpaired) electrons. The van der Waals surface area contributed by atoms with E-state index < -0.39 is 29.6 Å². The van der Waals surface area contributed by atoms with Gasteiger partial charge in [-0.05, 0) is 35.9 Å². The number of amides is 1. The van der Waals surface area contributed by atoms with Crippen LogP contribution in [0.5, 0.6) is 5.75 Å². The number of hydrogen-bond acceptors (Lipinski definition) is 3. The molecule has 24 heavy (non-hydrogen) atoms. The quantitative estimate of drug-likeness (QED) is 0.850. The van der Waals surface area contributed by atoms with Crippen LogP contribution in [0.1, 0.15) is 15.9 Å². The van der Waals surface area contributed by atoms with Gasteiger partial charge in [0.2, 0.25) is 0 Å². The highest BCUT2D eigenvalue weighted by Crippen LogP contribution is 2.14. The monoisotopic (exact) mass is 335 g/mol. The van der Waals surface area contributed by atoms with Gasteiger partial charge in [-0.1, -0.05) is 12.1 Å². The summed E-state index contributed by atoms with van der Waals surface area (Å²) in [6, 6.07) is 8.10. The van der Waals surface area contributed by atoms with Gasteiger partial charge in [0.05, 0.1) is 7.11 Å². The lowest BCUT2D eigenvalue weighted by atomic mass is 10.1. The molecule has 0 aliphatic carbocycles. The number of benzene rings is 2. The fourth-order valence-corrected chi connectivity index (χ4v) is 2.08. The highest BCUT2D eigenvalue weighted by Gasteiger charge is 2.21. The van der Waals surface area contributed by atoms with Gasteiger partial charge in [0.25, 0.3) is 5.91 Å². The first-order valence-electron chi connectivity index (χ1n) is 7.02. The molecular formula is C17H15F2NO4. The Kier molecular flexibility index (Phi) is 5.47. The molecule has 0 fully saturated rings. The maximum absolute atomic E-state index is 13.2. The summed E-state index contributed by atoms with van der Waals surface area (Å²) in [6.07, 6.45) is 0.0365. The molecule has 0 saturated heterocycles. The molecule has 2 rings (SSSR count). The number of carbonyl (C=O) groups is 2. The van der Waals surface area contributed by atoms with Crippen LogP contribution in [0.25, 0.3) is 0 Å². The summed E-state index contributed by atoms with van der Waals surface area (Å²) in [5.74, 6) is -3.67. The number of carboxylic acid groups (broad SMARTS) is 1. The number of ether oxygens (including phenoxy) is 1. The zero-order valence-corrected chi connectivity index (χ0v) is 12.8. The second kappa shape index (κ2) is 7.54. The van der Waals surface area contributed by atoms with Crippen molar-refractivity contribution < 1.29 is 28.2 Å². The van der Waals surface area contributed by atoms with E-state index in [4.69, 9.17) is 4.74 Å². The van der Waals surface area contributed by atoms with Crippen LogP contribution in [0, 0.1) is 11.6 Å². The fraction of sp³-hybridized carbons (Fsp3) is 0.176. The summed E-state index contributed by atoms with van der Waals surface area (Å²) in [5, 5.41) is 11.6. The first kappa shape index (κ1) is 17.4. The lowest BCUT2D eigenvalue weighted by Gasteiger charge is -2.15. The van der Waals surface area contributed by atoms with E-state index >= 15 is 0 Å². The molecule has 0 unspecified atom stereocenters. The van der Waals surface area contributed by atoms with Crippen molar-refractivity contribution in [3.05, 3.63) is 65.2 Å². The first-order chi connectivity index (χ1) is 11.4. The van der Waals surface area contributed by atoms with E-state index in [1.165, 1.54) is 7.11 Å². The topological polar surface area (TPSA) is 75.6 Å². The normalized spacial score (nSPS) is 11.6. The van der Waals surface area contributed by atoms with Crippen LogP contribution in [-0.2, 0) is 11.2 Å². The first-order valence-corrected chi connectivity index (χ1v) is 7.02. The van der Waals surface area contributed by atoms with E-state index in [-0.39, 0.29) is 12.0 Å². The standard InChI is InChI=1S/C17H15F2NO4/c1-24-12-5-2-10(3-6-12)8-15(17(22)23)20-16(21)11-4-7-13(18)14(19)9-11/h2-7,9,15H,8H2,1H3,(H,20,21)(H,22,23)/t15-/m0/s1. The minimum atomic E-state index is -1.23. The van der Waals surface area contributed by atoms with E-state index in [1.807, 2.05) is 0 Å². The van der Waals surface area contributed by atoms with E-state index in [9.17, 15) is 23.5 Å². The average Bonchev–Trinajstić information content (AvgIpc) is 2.57. The number of carboxylic acids is 1. The molecule has 0 aliphatic rings. The van der Waals surface area contributed by atoms with Crippen molar-refractivity contribution in [2.45, 2.75) is 12.5 Å². The number of aliphatic carboxylic acids is 1. The van der Waals surface area contributed by atoms with Crippen LogP contribution >= 0.6 is 0 Å². The van der Waals surface area contributed by atoms with Gasteiger partial charge in [-0.3, -0.25) is 4.79 Å². The molecule has 0 aliphatic heterocycles. The van der Waals surface area contributed by atoms with Gasteiger partial charge in [-0.25, -0.2) is 13.6 Å². The van der Waals surface area contributed by atoms with Gasteiger partial charge in [-0.2, -0.15) is 0 Å². The molecule has 126 valence electrons. The molecule has 1 amide bonds. The van der Waals surface area contributed by atoms with Gasteiger partial charge < -0.3 is 15.2 Å². The number of hydrogen-bond donors (Lipinski definition) is 2. The Bertz CT molecular complexity index is 747. The van der Waals surface area contributed by atoms with E-state index in [1.54, 1.807) is 24.3 Å². The van der Waals surface area contributed by atoms with Crippen molar-refractivity contribution in [3.8, 4) is 5.75 Å². The maximum atomic E-state index is 13.2. The summed E-state index contributed by atoms with van der Waals surface area (Å²) in [6.45, 7) is 0. The Morgan fingerprint density at radius 2 is 1.79 bits per heavy atom. The number of carbonyl (C=O) groups excluding carboxylic acids is 1. The minimum Gasteiger partial charge on any atom is -0.497 e. The summed E-state index contributed by atoms with van der Waals surface area (Å²) in [7, 11) is 1.51. The van der Waals surface area contributed by atoms with Gasteiger partial charge in [0.1, 0.15) is 11.8 Å². The lowest BCUT2D eigenvalue weighted by molar-refractivity contribution is -0.139. The molecule has 0 aromatic heterocycles. The Balaban J connectivity index is 2.10. The Hall–Kier alpha value is -2.96. The predicted octanol–water partition coefficient (Wildman–Crippen LogP) is 2.40. The van der Waals surface area contributed by atoms with Crippen LogP contribution in [-0.4, -0.2) is 30.1 Å². The third kappa shape index (κ3) is 4.28. The van der Waals surface area contributed by atoms with Gasteiger partial charge in [0.15, 0.2) is 11.6 Å². The second-order valence-electron chi connectivity index (χ2n) is 5.05. The molecule has 2 aromatic carbocycles. The van der Waals surface area contributed by atoms with E-state index in [0.717, 1.165) is 18.2 Å². The Morgan fingerprint density at radius 1 is 1.12 bits per heavy atom. The zero-order valence-electron chi connectivity index (χ0n) is 12.8. The number of halogens is 2. The molecule has 0 heterocycles. The fourth-order valence-electron chi connectivity index (χ4n) is 2.08. The zero-order chi connectivity index (χ0) is 17.7. The number of rotatable bonds is 6. The van der Waals surface area contributed by atoms with Crippen molar-refractivity contribution in [2.75, 3.05) is 7.11 Å². The molecule has 0 bridgehead atoms. The van der Waals surface area contributed by atoms with Crippen LogP contribution in [0.2, 0.25) is 0 Å². The SMILES string of the molecule is COc1ccc(C[C@H](NC(=O)c2ccc(F)c(F)c2)C(=O)O)cc1. The summed E-state index contributed by atoms with van der Waals surface area (Å²) >= 11 is 0. The van der Waals surface area contributed by atoms with E-state index in [0.29, 0.717) is 11.3 Å². The van der Waals surface area contributed by atoms with Gasteiger partial charge in [0, 0.05) is 12.0 Å². The van der Waals surface area contributed by atoms with Crippen molar-refractivity contribution >= 4 is 11.9 Å². The van der Waals surface area contributed by atoms with Crippen molar-refractivity contribution in [1.82, 2.24) is 5.32 Å². The second-order valence-corrected chi connectivity index (χ2v) is 5.05. The van der Waals surface area contributed by atoms with Crippen LogP contribution in [0.3, 0.4) is 0 Å². The summed E-state index contributed by atoms with van der Waals surface area (Å²) < 4.78 is 31.1. The maximum Gasteiger partial charge on any atom is 0.326 e. The van der Waals surface area contributed by atoms with E-state index in [2.05, 4.69) is 5.32 Å². The molecule has 7 heteroatoms. The molecule has 0 saturated carbocycles. The van der Waals surface area contributed by atoms with Gasteiger partial charge >= 0.3 is 5.97 Å². The van der Waals surface area contributed by atoms with Crippen molar-refractivity contribution in [3.63, 3.8) is 0 Å². The minimum absolute atomic E-state index is 0.0365. The lowest BCUT2D eigenvalue weighted by Crippen LogP contribution is -2.42. The Morgan fingerprint density at radius 3 is 2.33 bits per heavy atom. The number of nitrogens with one attached hydrogen (secondary N) is 1. The predicted molar refractivity (Wildman–Crippen MR) is 81.9 cm³/mol. The Labute approximate surface area is 136 Å². The van der Waals surface area contributed by atoms with Crippen LogP contribution in [0.4, 0.5) is 8.78 Å². The smallest absolute Gasteiger partial charge is 0.326 e. The summed E-state index contributed by atoms with van der Waals surface area (Å²) in [4.78, 5) is 23.4. The van der Waals surface area contributed by atoms with Crippen LogP contribution < -0.4 is 10.1 Å². The molecule has 2 aromatic rings. The summed E-state index contributed by atoms with van der Waals surface area (Å²) in [5.41, 5.74) is 0.517. The van der Waals surface area contributed by atoms with Gasteiger partial charge in [-0.15, -0.1) is 0 Å². The van der Waals surface area contributed by atoms with Crippen molar-refractivity contribution in [2.24, 2.45) is 0 Å². The molecule has 0 spiro atoms. The molecular weight excluding hydrogens is 320 g/mol. The molecule has 2 N–H and O–H groups in total. The third-order valence-corrected chi connectivity index (χ3v) is 3.38. The average molecular weight is 335 g/mol. The number of methoxy groups -OCH3 is 1. The highest BCUT2D eigenvalue weighted by molar-refractivity contribution is 5.96.